The van der Waals surface area contributed by atoms with Crippen LogP contribution in [0.1, 0.15) is 24.8 Å². The van der Waals surface area contributed by atoms with Crippen LogP contribution < -0.4 is 10.1 Å². The number of rotatable bonds is 5. The molecule has 222 valence electrons. The number of carbonyl (C=O) groups is 2. The molecule has 0 saturated carbocycles. The maximum atomic E-state index is 10.6. The van der Waals surface area contributed by atoms with E-state index in [-0.39, 0.29) is 5.60 Å². The molecule has 16 heteroatoms. The average Bonchev–Trinajstić information content (AvgIpc) is 3.25. The number of likely N-dealkylation sites (tertiary alicyclic amines) is 1. The quantitative estimate of drug-likeness (QED) is 0.445. The van der Waals surface area contributed by atoms with Crippen LogP contribution in [0.3, 0.4) is 0 Å². The normalized spacial score (nSPS) is 20.9. The maximum absolute atomic E-state index is 10.6. The molecule has 1 spiro atoms. The van der Waals surface area contributed by atoms with Crippen LogP contribution in [0.15, 0.2) is 42.7 Å². The zero-order valence-corrected chi connectivity index (χ0v) is 21.2. The number of nitrogens with zero attached hydrogens (tertiary/aromatic N) is 3. The summed E-state index contributed by atoms with van der Waals surface area (Å²) in [4.78, 5) is 28.9. The highest BCUT2D eigenvalue weighted by molar-refractivity contribution is 5.73. The molecule has 1 aromatic heterocycles. The molecule has 0 amide bonds. The Morgan fingerprint density at radius 3 is 2.25 bits per heavy atom. The van der Waals surface area contributed by atoms with Crippen molar-refractivity contribution < 1.29 is 55.6 Å². The number of aliphatic carboxylic acids is 2. The Hall–Kier alpha value is -3.66. The first-order valence-electron chi connectivity index (χ1n) is 11.8. The van der Waals surface area contributed by atoms with Gasteiger partial charge in [0.2, 0.25) is 5.95 Å². The molecule has 3 N–H and O–H groups in total. The molecular formula is C24H28F6N4O6. The topological polar surface area (TPSA) is 134 Å². The lowest BCUT2D eigenvalue weighted by Gasteiger charge is -2.38. The monoisotopic (exact) mass is 582 g/mol. The molecule has 2 saturated heterocycles. The first-order valence-corrected chi connectivity index (χ1v) is 11.8. The number of hydrogen-bond acceptors (Lipinski definition) is 8. The number of carboxylic acid groups (broad SMARTS) is 2. The molecule has 2 fully saturated rings. The zero-order chi connectivity index (χ0) is 30.0. The minimum atomic E-state index is -5.08. The average molecular weight is 582 g/mol. The van der Waals surface area contributed by atoms with Crippen LogP contribution in [0.2, 0.25) is 0 Å². The van der Waals surface area contributed by atoms with Crippen molar-refractivity contribution in [1.82, 2.24) is 14.9 Å². The van der Waals surface area contributed by atoms with Gasteiger partial charge in [0, 0.05) is 44.7 Å². The number of carboxylic acids is 2. The van der Waals surface area contributed by atoms with Gasteiger partial charge in [0.05, 0.1) is 12.7 Å². The fraction of sp³-hybridized carbons (Fsp3) is 0.500. The molecule has 2 atom stereocenters. The highest BCUT2D eigenvalue weighted by atomic mass is 19.4. The van der Waals surface area contributed by atoms with Crippen molar-refractivity contribution in [1.29, 1.82) is 0 Å². The van der Waals surface area contributed by atoms with Crippen LogP contribution in [-0.2, 0) is 20.9 Å². The standard InChI is InChI=1S/C20H26N4O2.2C2HF3O2/c1-25-18-5-2-4-16(12-18)14-24-10-7-20(15-24)13-17(6-11-26-20)23-19-21-8-3-9-22-19;2*3-2(4,5)1(6)7/h2-5,8-9,12,17H,6-7,10-11,13-15H2,1H3,(H,21,22,23);2*(H,6,7)/t17-,20+;;/m0../s1. The summed E-state index contributed by atoms with van der Waals surface area (Å²) in [5, 5.41) is 17.7. The second-order valence-electron chi connectivity index (χ2n) is 8.86. The summed E-state index contributed by atoms with van der Waals surface area (Å²) in [6.07, 6.45) is -3.55. The van der Waals surface area contributed by atoms with Crippen LogP contribution >= 0.6 is 0 Å². The Kier molecular flexibility index (Phi) is 11.5. The molecular weight excluding hydrogens is 554 g/mol. The van der Waals surface area contributed by atoms with Crippen molar-refractivity contribution in [3.05, 3.63) is 48.3 Å². The first kappa shape index (κ1) is 32.6. The van der Waals surface area contributed by atoms with Crippen LogP contribution in [0, 0.1) is 0 Å². The number of nitrogens with one attached hydrogen (secondary N) is 1. The Morgan fingerprint density at radius 1 is 1.10 bits per heavy atom. The van der Waals surface area contributed by atoms with Crippen molar-refractivity contribution in [2.45, 2.75) is 49.8 Å². The molecule has 2 aromatic rings. The molecule has 4 rings (SSSR count). The number of anilines is 1. The van der Waals surface area contributed by atoms with Crippen LogP contribution in [-0.4, -0.2) is 87.8 Å². The Bertz CT molecular complexity index is 1080. The minimum Gasteiger partial charge on any atom is -0.497 e. The number of halogens is 6. The number of aromatic nitrogens is 2. The van der Waals surface area contributed by atoms with E-state index in [0.29, 0.717) is 12.0 Å². The van der Waals surface area contributed by atoms with Gasteiger partial charge >= 0.3 is 24.3 Å². The summed E-state index contributed by atoms with van der Waals surface area (Å²) in [6, 6.07) is 10.5. The second kappa shape index (κ2) is 14.1. The van der Waals surface area contributed by atoms with E-state index in [1.807, 2.05) is 12.1 Å². The molecule has 0 aliphatic carbocycles. The number of benzene rings is 1. The molecule has 3 heterocycles. The maximum Gasteiger partial charge on any atom is 0.490 e. The van der Waals surface area contributed by atoms with Gasteiger partial charge in [-0.25, -0.2) is 19.6 Å². The fourth-order valence-corrected chi connectivity index (χ4v) is 4.08. The molecule has 2 aliphatic rings. The van der Waals surface area contributed by atoms with Crippen molar-refractivity contribution in [3.8, 4) is 5.75 Å². The third-order valence-electron chi connectivity index (χ3n) is 5.81. The van der Waals surface area contributed by atoms with E-state index in [4.69, 9.17) is 29.3 Å². The third-order valence-corrected chi connectivity index (χ3v) is 5.81. The van der Waals surface area contributed by atoms with Gasteiger partial charge in [-0.1, -0.05) is 12.1 Å². The molecule has 2 aliphatic heterocycles. The summed E-state index contributed by atoms with van der Waals surface area (Å²) >= 11 is 0. The lowest BCUT2D eigenvalue weighted by atomic mass is 9.89. The minimum absolute atomic E-state index is 0.0520. The predicted octanol–water partition coefficient (Wildman–Crippen LogP) is 3.99. The van der Waals surface area contributed by atoms with Gasteiger partial charge in [0.1, 0.15) is 5.75 Å². The summed E-state index contributed by atoms with van der Waals surface area (Å²) in [7, 11) is 1.71. The van der Waals surface area contributed by atoms with E-state index in [0.717, 1.165) is 51.3 Å². The summed E-state index contributed by atoms with van der Waals surface area (Å²) in [6.45, 7) is 3.75. The highest BCUT2D eigenvalue weighted by Gasteiger charge is 2.43. The van der Waals surface area contributed by atoms with Crippen molar-refractivity contribution >= 4 is 17.9 Å². The van der Waals surface area contributed by atoms with Crippen molar-refractivity contribution in [2.24, 2.45) is 0 Å². The Balaban J connectivity index is 0.000000333. The van der Waals surface area contributed by atoms with Crippen LogP contribution in [0.25, 0.3) is 0 Å². The SMILES string of the molecule is COc1cccc(CN2CC[C@@]3(C[C@@H](Nc4ncccn4)CCO3)C2)c1.O=C(O)C(F)(F)F.O=C(O)C(F)(F)F. The van der Waals surface area contributed by atoms with E-state index in [9.17, 15) is 26.3 Å². The Morgan fingerprint density at radius 2 is 1.70 bits per heavy atom. The van der Waals surface area contributed by atoms with Crippen LogP contribution in [0.4, 0.5) is 32.3 Å². The number of alkyl halides is 6. The van der Waals surface area contributed by atoms with E-state index >= 15 is 0 Å². The van der Waals surface area contributed by atoms with Gasteiger partial charge in [0.15, 0.2) is 0 Å². The van der Waals surface area contributed by atoms with Crippen molar-refractivity contribution in [2.75, 3.05) is 32.1 Å². The van der Waals surface area contributed by atoms with Gasteiger partial charge < -0.3 is 25.0 Å². The van der Waals surface area contributed by atoms with Crippen molar-refractivity contribution in [3.63, 3.8) is 0 Å². The van der Waals surface area contributed by atoms with Gasteiger partial charge in [0.25, 0.3) is 0 Å². The van der Waals surface area contributed by atoms with Gasteiger partial charge in [-0.05, 0) is 43.0 Å². The predicted molar refractivity (Wildman–Crippen MR) is 128 cm³/mol. The largest absolute Gasteiger partial charge is 0.497 e. The number of methoxy groups -OCH3 is 1. The van der Waals surface area contributed by atoms with E-state index in [1.54, 1.807) is 19.5 Å². The van der Waals surface area contributed by atoms with Crippen LogP contribution in [0.5, 0.6) is 5.75 Å². The molecule has 40 heavy (non-hydrogen) atoms. The number of ether oxygens (including phenoxy) is 2. The molecule has 0 radical (unpaired) electrons. The summed E-state index contributed by atoms with van der Waals surface area (Å²) in [5.41, 5.74) is 1.23. The summed E-state index contributed by atoms with van der Waals surface area (Å²) < 4.78 is 75.1. The molecule has 10 nitrogen and oxygen atoms in total. The van der Waals surface area contributed by atoms with E-state index < -0.39 is 24.3 Å². The van der Waals surface area contributed by atoms with E-state index in [1.165, 1.54) is 5.56 Å². The molecule has 1 aromatic carbocycles. The van der Waals surface area contributed by atoms with Gasteiger partial charge in [-0.2, -0.15) is 26.3 Å². The lowest BCUT2D eigenvalue weighted by molar-refractivity contribution is -0.193. The van der Waals surface area contributed by atoms with Gasteiger partial charge in [-0.15, -0.1) is 0 Å². The smallest absolute Gasteiger partial charge is 0.490 e. The summed E-state index contributed by atoms with van der Waals surface area (Å²) in [5.74, 6) is -3.89. The van der Waals surface area contributed by atoms with Gasteiger partial charge in [-0.3, -0.25) is 4.90 Å². The lowest BCUT2D eigenvalue weighted by Crippen LogP contribution is -2.46. The second-order valence-corrected chi connectivity index (χ2v) is 8.86. The first-order chi connectivity index (χ1) is 18.6. The van der Waals surface area contributed by atoms with E-state index in [2.05, 4.69) is 38.4 Å². The molecule has 0 bridgehead atoms. The number of hydrogen-bond donors (Lipinski definition) is 3. The molecule has 0 unspecified atom stereocenters. The highest BCUT2D eigenvalue weighted by Crippen LogP contribution is 2.35. The fourth-order valence-electron chi connectivity index (χ4n) is 4.08. The zero-order valence-electron chi connectivity index (χ0n) is 21.2. The third kappa shape index (κ3) is 10.8. The Labute approximate surface area is 224 Å².